The molecular weight excluding hydrogens is 214 g/mol. The Morgan fingerprint density at radius 3 is 2.86 bits per heavy atom. The van der Waals surface area contributed by atoms with E-state index in [2.05, 4.69) is 12.6 Å². The topological polar surface area (TPSA) is 20.3 Å². The third-order valence-electron chi connectivity index (χ3n) is 2.67. The van der Waals surface area contributed by atoms with Gasteiger partial charge in [0, 0.05) is 13.1 Å². The van der Waals surface area contributed by atoms with Gasteiger partial charge >= 0.3 is 0 Å². The van der Waals surface area contributed by atoms with E-state index in [1.54, 1.807) is 0 Å². The monoisotopic (exact) mass is 233 g/mol. The van der Waals surface area contributed by atoms with Crippen LogP contribution in [0.5, 0.6) is 0 Å². The molecule has 1 aliphatic rings. The average Bonchev–Trinajstić information content (AvgIpc) is 2.43. The molecule has 4 heteroatoms. The Hall–Kier alpha value is 0.170. The van der Waals surface area contributed by atoms with Gasteiger partial charge in [0.05, 0.1) is 5.25 Å². The molecule has 0 aromatic carbocycles. The molecule has 2 atom stereocenters. The summed E-state index contributed by atoms with van der Waals surface area (Å²) in [6, 6.07) is 0.437. The maximum Gasteiger partial charge on any atom is 0.235 e. The largest absolute Gasteiger partial charge is 0.342 e. The summed E-state index contributed by atoms with van der Waals surface area (Å²) in [6.07, 6.45) is 3.51. The van der Waals surface area contributed by atoms with Crippen molar-refractivity contribution < 1.29 is 4.79 Å². The van der Waals surface area contributed by atoms with Gasteiger partial charge in [-0.15, -0.1) is 0 Å². The maximum absolute atomic E-state index is 11.7. The molecule has 2 nitrogen and oxygen atoms in total. The van der Waals surface area contributed by atoms with E-state index in [0.717, 1.165) is 12.8 Å². The van der Waals surface area contributed by atoms with Gasteiger partial charge in [-0.25, -0.2) is 0 Å². The van der Waals surface area contributed by atoms with E-state index in [4.69, 9.17) is 0 Å². The number of hydrogen-bond acceptors (Lipinski definition) is 3. The second-order valence-corrected chi connectivity index (χ2v) is 5.82. The maximum atomic E-state index is 11.7. The van der Waals surface area contributed by atoms with Gasteiger partial charge in [-0.2, -0.15) is 24.4 Å². The molecule has 1 heterocycles. The van der Waals surface area contributed by atoms with Crippen molar-refractivity contribution in [3.05, 3.63) is 0 Å². The first-order valence-corrected chi connectivity index (χ1v) is 6.82. The highest BCUT2D eigenvalue weighted by atomic mass is 32.2. The molecule has 0 aliphatic carbocycles. The highest BCUT2D eigenvalue weighted by Gasteiger charge is 2.23. The normalized spacial score (nSPS) is 25.2. The summed E-state index contributed by atoms with van der Waals surface area (Å²) in [4.78, 5) is 13.6. The van der Waals surface area contributed by atoms with Crippen molar-refractivity contribution in [3.63, 3.8) is 0 Å². The van der Waals surface area contributed by atoms with Crippen LogP contribution in [-0.2, 0) is 4.79 Å². The van der Waals surface area contributed by atoms with Crippen LogP contribution in [0.3, 0.4) is 0 Å². The number of carbonyl (C=O) groups is 1. The molecule has 1 amide bonds. The number of rotatable bonds is 2. The van der Waals surface area contributed by atoms with Crippen LogP contribution in [0.2, 0.25) is 0 Å². The standard InChI is InChI=1S/C10H19NOS2/c1-8(13)10(12)11(2)9-4-3-6-14-7-5-9/h8-9,13H,3-7H2,1-2H3. The van der Waals surface area contributed by atoms with Gasteiger partial charge in [-0.05, 0) is 37.7 Å². The fraction of sp³-hybridized carbons (Fsp3) is 0.900. The molecule has 0 spiro atoms. The first kappa shape index (κ1) is 12.2. The number of hydrogen-bond donors (Lipinski definition) is 1. The Kier molecular flexibility index (Phi) is 5.17. The van der Waals surface area contributed by atoms with Crippen LogP contribution in [0, 0.1) is 0 Å². The van der Waals surface area contributed by atoms with Crippen molar-refractivity contribution in [2.24, 2.45) is 0 Å². The van der Waals surface area contributed by atoms with Crippen molar-refractivity contribution in [1.29, 1.82) is 0 Å². The van der Waals surface area contributed by atoms with Crippen molar-refractivity contribution in [1.82, 2.24) is 4.90 Å². The molecule has 0 N–H and O–H groups in total. The second kappa shape index (κ2) is 5.91. The third kappa shape index (κ3) is 3.39. The van der Waals surface area contributed by atoms with Gasteiger partial charge in [-0.3, -0.25) is 4.79 Å². The molecule has 1 rings (SSSR count). The summed E-state index contributed by atoms with van der Waals surface area (Å²) >= 11 is 6.18. The lowest BCUT2D eigenvalue weighted by molar-refractivity contribution is -0.131. The molecule has 1 saturated heterocycles. The van der Waals surface area contributed by atoms with E-state index in [-0.39, 0.29) is 11.2 Å². The van der Waals surface area contributed by atoms with E-state index < -0.39 is 0 Å². The highest BCUT2D eigenvalue weighted by Crippen LogP contribution is 2.21. The average molecular weight is 233 g/mol. The molecule has 0 aromatic rings. The number of thioether (sulfide) groups is 1. The molecule has 0 radical (unpaired) electrons. The minimum Gasteiger partial charge on any atom is -0.342 e. The number of amides is 1. The molecule has 2 unspecified atom stereocenters. The first-order valence-electron chi connectivity index (χ1n) is 5.15. The van der Waals surface area contributed by atoms with Gasteiger partial charge < -0.3 is 4.90 Å². The van der Waals surface area contributed by atoms with Gasteiger partial charge in [-0.1, -0.05) is 0 Å². The summed E-state index contributed by atoms with van der Waals surface area (Å²) in [7, 11) is 1.91. The Bertz CT molecular complexity index is 189. The molecule has 0 bridgehead atoms. The minimum absolute atomic E-state index is 0.158. The summed E-state index contributed by atoms with van der Waals surface area (Å²) in [6.45, 7) is 1.84. The van der Waals surface area contributed by atoms with E-state index in [1.807, 2.05) is 30.6 Å². The van der Waals surface area contributed by atoms with Crippen LogP contribution in [0.1, 0.15) is 26.2 Å². The Morgan fingerprint density at radius 2 is 2.21 bits per heavy atom. The van der Waals surface area contributed by atoms with Crippen LogP contribution >= 0.6 is 24.4 Å². The Balaban J connectivity index is 2.49. The first-order chi connectivity index (χ1) is 6.63. The van der Waals surface area contributed by atoms with E-state index in [1.165, 1.54) is 17.9 Å². The Labute approximate surface area is 96.2 Å². The zero-order valence-corrected chi connectivity index (χ0v) is 10.6. The van der Waals surface area contributed by atoms with Crippen molar-refractivity contribution >= 4 is 30.3 Å². The smallest absolute Gasteiger partial charge is 0.235 e. The SMILES string of the molecule is CC(S)C(=O)N(C)C1CCCSCC1. The zero-order valence-electron chi connectivity index (χ0n) is 8.90. The van der Waals surface area contributed by atoms with E-state index in [0.29, 0.717) is 6.04 Å². The van der Waals surface area contributed by atoms with Gasteiger partial charge in [0.25, 0.3) is 0 Å². The van der Waals surface area contributed by atoms with Crippen molar-refractivity contribution in [3.8, 4) is 0 Å². The fourth-order valence-electron chi connectivity index (χ4n) is 1.75. The summed E-state index contributed by atoms with van der Waals surface area (Å²) < 4.78 is 0. The molecule has 1 aliphatic heterocycles. The molecule has 0 saturated carbocycles. The van der Waals surface area contributed by atoms with Crippen molar-refractivity contribution in [2.45, 2.75) is 37.5 Å². The van der Waals surface area contributed by atoms with Crippen LogP contribution in [0.25, 0.3) is 0 Å². The molecule has 0 aromatic heterocycles. The zero-order chi connectivity index (χ0) is 10.6. The fourth-order valence-corrected chi connectivity index (χ4v) is 2.94. The predicted molar refractivity (Wildman–Crippen MR) is 66.2 cm³/mol. The Morgan fingerprint density at radius 1 is 1.50 bits per heavy atom. The minimum atomic E-state index is -0.170. The molecule has 1 fully saturated rings. The van der Waals surface area contributed by atoms with Gasteiger partial charge in [0.1, 0.15) is 0 Å². The lowest BCUT2D eigenvalue weighted by Crippen LogP contribution is -2.40. The highest BCUT2D eigenvalue weighted by molar-refractivity contribution is 7.99. The van der Waals surface area contributed by atoms with Crippen LogP contribution < -0.4 is 0 Å². The van der Waals surface area contributed by atoms with E-state index >= 15 is 0 Å². The summed E-state index contributed by atoms with van der Waals surface area (Å²) in [5, 5.41) is -0.170. The van der Waals surface area contributed by atoms with Gasteiger partial charge in [0.2, 0.25) is 5.91 Å². The third-order valence-corrected chi connectivity index (χ3v) is 4.00. The van der Waals surface area contributed by atoms with Crippen LogP contribution in [-0.4, -0.2) is 40.7 Å². The summed E-state index contributed by atoms with van der Waals surface area (Å²) in [5.41, 5.74) is 0. The van der Waals surface area contributed by atoms with Gasteiger partial charge in [0.15, 0.2) is 0 Å². The molecule has 14 heavy (non-hydrogen) atoms. The quantitative estimate of drug-likeness (QED) is 0.737. The number of nitrogens with zero attached hydrogens (tertiary/aromatic N) is 1. The number of thiol groups is 1. The summed E-state index contributed by atoms with van der Waals surface area (Å²) in [5.74, 6) is 2.59. The lowest BCUT2D eigenvalue weighted by Gasteiger charge is -2.28. The predicted octanol–water partition coefficient (Wildman–Crippen LogP) is 2.05. The molecule has 82 valence electrons. The lowest BCUT2D eigenvalue weighted by atomic mass is 10.1. The van der Waals surface area contributed by atoms with E-state index in [9.17, 15) is 4.79 Å². The molecular formula is C10H19NOS2. The van der Waals surface area contributed by atoms with Crippen molar-refractivity contribution in [2.75, 3.05) is 18.6 Å². The van der Waals surface area contributed by atoms with Crippen LogP contribution in [0.4, 0.5) is 0 Å². The van der Waals surface area contributed by atoms with Crippen LogP contribution in [0.15, 0.2) is 0 Å². The second-order valence-electron chi connectivity index (χ2n) is 3.82. The number of carbonyl (C=O) groups excluding carboxylic acids is 1.